The lowest BCUT2D eigenvalue weighted by Gasteiger charge is -2.14. The Bertz CT molecular complexity index is 378. The summed E-state index contributed by atoms with van der Waals surface area (Å²) < 4.78 is 1.18. The van der Waals surface area contributed by atoms with E-state index >= 15 is 0 Å². The smallest absolute Gasteiger partial charge is 0.143 e. The molecule has 0 bridgehead atoms. The van der Waals surface area contributed by atoms with E-state index in [-0.39, 0.29) is 0 Å². The van der Waals surface area contributed by atoms with E-state index < -0.39 is 0 Å². The van der Waals surface area contributed by atoms with Crippen molar-refractivity contribution >= 4 is 28.4 Å². The summed E-state index contributed by atoms with van der Waals surface area (Å²) >= 11 is 2.36. The first kappa shape index (κ1) is 15.7. The van der Waals surface area contributed by atoms with Crippen LogP contribution < -0.4 is 5.32 Å². The van der Waals surface area contributed by atoms with Crippen LogP contribution in [0, 0.1) is 3.57 Å². The fraction of sp³-hybridized carbons (Fsp3) is 0.714. The molecule has 0 spiro atoms. The first-order chi connectivity index (χ1) is 8.60. The molecule has 0 unspecified atom stereocenters. The third-order valence-corrected chi connectivity index (χ3v) is 3.83. The first-order valence-electron chi connectivity index (χ1n) is 6.90. The lowest BCUT2D eigenvalue weighted by Crippen LogP contribution is -2.11. The van der Waals surface area contributed by atoms with E-state index in [4.69, 9.17) is 4.98 Å². The number of hydrogen-bond acceptors (Lipinski definition) is 3. The fourth-order valence-electron chi connectivity index (χ4n) is 1.70. The largest absolute Gasteiger partial charge is 0.369 e. The molecule has 0 fully saturated rings. The van der Waals surface area contributed by atoms with Gasteiger partial charge in [0.2, 0.25) is 0 Å². The maximum Gasteiger partial charge on any atom is 0.143 e. The fourth-order valence-corrected chi connectivity index (χ4v) is 2.76. The van der Waals surface area contributed by atoms with Crippen molar-refractivity contribution in [3.63, 3.8) is 0 Å². The van der Waals surface area contributed by atoms with Crippen LogP contribution in [0.4, 0.5) is 5.82 Å². The van der Waals surface area contributed by atoms with E-state index in [1.165, 1.54) is 15.7 Å². The SMILES string of the molecule is CCCCc1nc(NCCC)c(I)c(C(C)C)n1. The average molecular weight is 361 g/mol. The van der Waals surface area contributed by atoms with Gasteiger partial charge in [-0.1, -0.05) is 34.1 Å². The van der Waals surface area contributed by atoms with Crippen LogP contribution in [-0.2, 0) is 6.42 Å². The highest BCUT2D eigenvalue weighted by molar-refractivity contribution is 14.1. The molecule has 1 N–H and O–H groups in total. The average Bonchev–Trinajstić information content (AvgIpc) is 2.35. The number of anilines is 1. The van der Waals surface area contributed by atoms with E-state index in [1.54, 1.807) is 0 Å². The number of aromatic nitrogens is 2. The molecule has 3 nitrogen and oxygen atoms in total. The molecule has 1 aromatic rings. The van der Waals surface area contributed by atoms with Gasteiger partial charge >= 0.3 is 0 Å². The molecule has 0 aliphatic heterocycles. The number of nitrogens with zero attached hydrogens (tertiary/aromatic N) is 2. The lowest BCUT2D eigenvalue weighted by atomic mass is 10.1. The van der Waals surface area contributed by atoms with E-state index in [1.807, 2.05) is 0 Å². The summed E-state index contributed by atoms with van der Waals surface area (Å²) in [5, 5.41) is 3.42. The Kier molecular flexibility index (Phi) is 6.89. The predicted octanol–water partition coefficient (Wildman–Crippen LogP) is 4.37. The van der Waals surface area contributed by atoms with E-state index in [2.05, 4.69) is 60.6 Å². The van der Waals surface area contributed by atoms with Crippen molar-refractivity contribution in [3.8, 4) is 0 Å². The molecule has 0 saturated carbocycles. The predicted molar refractivity (Wildman–Crippen MR) is 86.2 cm³/mol. The highest BCUT2D eigenvalue weighted by Gasteiger charge is 2.14. The number of halogens is 1. The van der Waals surface area contributed by atoms with Gasteiger partial charge in [0.05, 0.1) is 9.26 Å². The van der Waals surface area contributed by atoms with Crippen LogP contribution in [0.1, 0.15) is 64.4 Å². The van der Waals surface area contributed by atoms with Gasteiger partial charge in [0.25, 0.3) is 0 Å². The molecule has 0 aliphatic carbocycles. The lowest BCUT2D eigenvalue weighted by molar-refractivity contribution is 0.722. The van der Waals surface area contributed by atoms with Crippen molar-refractivity contribution in [1.82, 2.24) is 9.97 Å². The summed E-state index contributed by atoms with van der Waals surface area (Å²) in [6, 6.07) is 0. The minimum absolute atomic E-state index is 0.447. The van der Waals surface area contributed by atoms with Gasteiger partial charge in [-0.2, -0.15) is 0 Å². The summed E-state index contributed by atoms with van der Waals surface area (Å²) in [5.41, 5.74) is 1.18. The summed E-state index contributed by atoms with van der Waals surface area (Å²) in [7, 11) is 0. The molecule has 1 heterocycles. The third-order valence-electron chi connectivity index (χ3n) is 2.77. The molecule has 1 aromatic heterocycles. The Hall–Kier alpha value is -0.390. The Morgan fingerprint density at radius 2 is 1.89 bits per heavy atom. The van der Waals surface area contributed by atoms with Crippen LogP contribution in [-0.4, -0.2) is 16.5 Å². The van der Waals surface area contributed by atoms with Gasteiger partial charge < -0.3 is 5.32 Å². The molecular formula is C14H24IN3. The van der Waals surface area contributed by atoms with Crippen molar-refractivity contribution in [2.45, 2.75) is 59.3 Å². The van der Waals surface area contributed by atoms with Gasteiger partial charge in [-0.25, -0.2) is 9.97 Å². The molecule has 4 heteroatoms. The van der Waals surface area contributed by atoms with Crippen molar-refractivity contribution < 1.29 is 0 Å². The third kappa shape index (κ3) is 4.37. The second kappa shape index (κ2) is 7.92. The molecule has 0 radical (unpaired) electrons. The first-order valence-corrected chi connectivity index (χ1v) is 7.98. The summed E-state index contributed by atoms with van der Waals surface area (Å²) in [5.74, 6) is 2.45. The molecule has 0 amide bonds. The van der Waals surface area contributed by atoms with E-state index in [9.17, 15) is 0 Å². The Morgan fingerprint density at radius 3 is 2.44 bits per heavy atom. The number of rotatable bonds is 7. The standard InChI is InChI=1S/C14H24IN3/c1-5-7-8-11-17-13(10(3)4)12(15)14(18-11)16-9-6-2/h10H,5-9H2,1-4H3,(H,16,17,18). The maximum atomic E-state index is 4.72. The van der Waals surface area contributed by atoms with Gasteiger partial charge in [-0.3, -0.25) is 0 Å². The summed E-state index contributed by atoms with van der Waals surface area (Å²) in [6.07, 6.45) is 4.44. The number of nitrogens with one attached hydrogen (secondary N) is 1. The van der Waals surface area contributed by atoms with Crippen molar-refractivity contribution in [3.05, 3.63) is 15.1 Å². The Labute approximate surface area is 124 Å². The monoisotopic (exact) mass is 361 g/mol. The van der Waals surface area contributed by atoms with Gasteiger partial charge in [0, 0.05) is 13.0 Å². The minimum atomic E-state index is 0.447. The molecule has 0 aliphatic rings. The summed E-state index contributed by atoms with van der Waals surface area (Å²) in [4.78, 5) is 9.38. The van der Waals surface area contributed by atoms with Crippen molar-refractivity contribution in [2.24, 2.45) is 0 Å². The Morgan fingerprint density at radius 1 is 1.17 bits per heavy atom. The molecular weight excluding hydrogens is 337 g/mol. The second-order valence-corrected chi connectivity index (χ2v) is 5.95. The minimum Gasteiger partial charge on any atom is -0.369 e. The molecule has 18 heavy (non-hydrogen) atoms. The van der Waals surface area contributed by atoms with Gasteiger partial charge in [-0.05, 0) is 41.4 Å². The highest BCUT2D eigenvalue weighted by Crippen LogP contribution is 2.25. The highest BCUT2D eigenvalue weighted by atomic mass is 127. The van der Waals surface area contributed by atoms with Gasteiger partial charge in [-0.15, -0.1) is 0 Å². The molecule has 0 saturated heterocycles. The molecule has 0 atom stereocenters. The second-order valence-electron chi connectivity index (χ2n) is 4.87. The van der Waals surface area contributed by atoms with E-state index in [0.717, 1.165) is 37.4 Å². The maximum absolute atomic E-state index is 4.72. The Balaban J connectivity index is 3.02. The number of hydrogen-bond donors (Lipinski definition) is 1. The molecule has 1 rings (SSSR count). The van der Waals surface area contributed by atoms with Gasteiger partial charge in [0.15, 0.2) is 0 Å². The van der Waals surface area contributed by atoms with Crippen LogP contribution in [0.3, 0.4) is 0 Å². The van der Waals surface area contributed by atoms with Crippen LogP contribution in [0.2, 0.25) is 0 Å². The van der Waals surface area contributed by atoms with E-state index in [0.29, 0.717) is 5.92 Å². The number of unbranched alkanes of at least 4 members (excludes halogenated alkanes) is 1. The quantitative estimate of drug-likeness (QED) is 0.733. The van der Waals surface area contributed by atoms with Crippen molar-refractivity contribution in [2.75, 3.05) is 11.9 Å². The normalized spacial score (nSPS) is 11.0. The van der Waals surface area contributed by atoms with Crippen LogP contribution in [0.15, 0.2) is 0 Å². The zero-order chi connectivity index (χ0) is 13.5. The zero-order valence-corrected chi connectivity index (χ0v) is 14.0. The van der Waals surface area contributed by atoms with Gasteiger partial charge in [0.1, 0.15) is 11.6 Å². The zero-order valence-electron chi connectivity index (χ0n) is 11.9. The van der Waals surface area contributed by atoms with Crippen LogP contribution in [0.25, 0.3) is 0 Å². The molecule has 0 aromatic carbocycles. The summed E-state index contributed by atoms with van der Waals surface area (Å²) in [6.45, 7) is 9.72. The van der Waals surface area contributed by atoms with Crippen LogP contribution >= 0.6 is 22.6 Å². The number of aryl methyl sites for hydroxylation is 1. The van der Waals surface area contributed by atoms with Crippen molar-refractivity contribution in [1.29, 1.82) is 0 Å². The topological polar surface area (TPSA) is 37.8 Å². The van der Waals surface area contributed by atoms with Crippen LogP contribution in [0.5, 0.6) is 0 Å². The molecule has 102 valence electrons.